The molecule has 1 unspecified atom stereocenters. The number of rotatable bonds is 6. The minimum Gasteiger partial charge on any atom is -0.379 e. The van der Waals surface area contributed by atoms with E-state index in [9.17, 15) is 0 Å². The van der Waals surface area contributed by atoms with Crippen molar-refractivity contribution in [2.45, 2.75) is 51.5 Å². The van der Waals surface area contributed by atoms with Crippen LogP contribution in [0.3, 0.4) is 0 Å². The highest BCUT2D eigenvalue weighted by molar-refractivity contribution is 5.33. The van der Waals surface area contributed by atoms with Crippen molar-refractivity contribution in [1.82, 2.24) is 5.32 Å². The predicted octanol–water partition coefficient (Wildman–Crippen LogP) is 3.47. The molecule has 1 fully saturated rings. The molecule has 0 spiro atoms. The van der Waals surface area contributed by atoms with Crippen molar-refractivity contribution >= 4 is 0 Å². The third kappa shape index (κ3) is 3.18. The fourth-order valence-electron chi connectivity index (χ4n) is 2.52. The van der Waals surface area contributed by atoms with E-state index in [4.69, 9.17) is 4.74 Å². The van der Waals surface area contributed by atoms with Crippen LogP contribution in [0.2, 0.25) is 0 Å². The van der Waals surface area contributed by atoms with E-state index >= 15 is 0 Å². The molecule has 0 amide bonds. The van der Waals surface area contributed by atoms with Crippen LogP contribution in [-0.4, -0.2) is 25.8 Å². The van der Waals surface area contributed by atoms with Crippen LogP contribution < -0.4 is 5.32 Å². The predicted molar refractivity (Wildman–Crippen MR) is 80.8 cm³/mol. The summed E-state index contributed by atoms with van der Waals surface area (Å²) in [5, 5.41) is 3.56. The summed E-state index contributed by atoms with van der Waals surface area (Å²) in [6.07, 6.45) is 1.20. The molecule has 1 heterocycles. The lowest BCUT2D eigenvalue weighted by Gasteiger charge is -2.42. The van der Waals surface area contributed by atoms with Gasteiger partial charge < -0.3 is 10.1 Å². The minimum atomic E-state index is 0.193. The summed E-state index contributed by atoms with van der Waals surface area (Å²) in [4.78, 5) is 0. The van der Waals surface area contributed by atoms with E-state index in [1.54, 1.807) is 0 Å². The first-order valence-electron chi connectivity index (χ1n) is 7.49. The summed E-state index contributed by atoms with van der Waals surface area (Å²) >= 11 is 0. The van der Waals surface area contributed by atoms with Crippen molar-refractivity contribution in [1.29, 1.82) is 0 Å². The maximum atomic E-state index is 5.48. The summed E-state index contributed by atoms with van der Waals surface area (Å²) in [6, 6.07) is 9.70. The van der Waals surface area contributed by atoms with Gasteiger partial charge in [0.15, 0.2) is 0 Å². The van der Waals surface area contributed by atoms with Gasteiger partial charge in [0.05, 0.1) is 18.6 Å². The van der Waals surface area contributed by atoms with Crippen LogP contribution >= 0.6 is 0 Å². The quantitative estimate of drug-likeness (QED) is 0.846. The summed E-state index contributed by atoms with van der Waals surface area (Å²) in [5.74, 6) is 0.649. The van der Waals surface area contributed by atoms with Crippen molar-refractivity contribution in [2.75, 3.05) is 19.8 Å². The van der Waals surface area contributed by atoms with Crippen LogP contribution in [0.5, 0.6) is 0 Å². The van der Waals surface area contributed by atoms with Crippen molar-refractivity contribution in [3.05, 3.63) is 35.4 Å². The van der Waals surface area contributed by atoms with Gasteiger partial charge in [0.1, 0.15) is 0 Å². The molecule has 1 aliphatic rings. The molecule has 0 aliphatic carbocycles. The highest BCUT2D eigenvalue weighted by atomic mass is 16.5. The SMILES string of the molecule is CCC(C)c1ccc(C2(CNC(C)C)COC2)cc1. The maximum absolute atomic E-state index is 5.48. The zero-order valence-corrected chi connectivity index (χ0v) is 12.7. The Bertz CT molecular complexity index is 392. The molecule has 1 aromatic rings. The number of hydrogen-bond donors (Lipinski definition) is 1. The van der Waals surface area contributed by atoms with Crippen LogP contribution in [0.25, 0.3) is 0 Å². The molecular formula is C17H27NO. The molecule has 1 aliphatic heterocycles. The smallest absolute Gasteiger partial charge is 0.0598 e. The van der Waals surface area contributed by atoms with Gasteiger partial charge in [-0.25, -0.2) is 0 Å². The van der Waals surface area contributed by atoms with Crippen LogP contribution in [0, 0.1) is 0 Å². The van der Waals surface area contributed by atoms with Crippen LogP contribution in [0.1, 0.15) is 51.2 Å². The van der Waals surface area contributed by atoms with Gasteiger partial charge in [-0.2, -0.15) is 0 Å². The van der Waals surface area contributed by atoms with E-state index in [0.717, 1.165) is 19.8 Å². The first-order chi connectivity index (χ1) is 9.07. The molecule has 1 saturated heterocycles. The molecule has 0 bridgehead atoms. The Morgan fingerprint density at radius 1 is 1.16 bits per heavy atom. The zero-order valence-electron chi connectivity index (χ0n) is 12.7. The first kappa shape index (κ1) is 14.5. The third-order valence-corrected chi connectivity index (χ3v) is 4.31. The molecule has 0 radical (unpaired) electrons. The summed E-state index contributed by atoms with van der Waals surface area (Å²) < 4.78 is 5.48. The average Bonchev–Trinajstić information content (AvgIpc) is 2.37. The van der Waals surface area contributed by atoms with Crippen molar-refractivity contribution in [3.63, 3.8) is 0 Å². The highest BCUT2D eigenvalue weighted by Gasteiger charge is 2.40. The third-order valence-electron chi connectivity index (χ3n) is 4.31. The Kier molecular flexibility index (Phi) is 4.64. The number of hydrogen-bond acceptors (Lipinski definition) is 2. The number of benzene rings is 1. The molecule has 2 nitrogen and oxygen atoms in total. The molecule has 0 saturated carbocycles. The second kappa shape index (κ2) is 6.06. The fourth-order valence-corrected chi connectivity index (χ4v) is 2.52. The van der Waals surface area contributed by atoms with Gasteiger partial charge in [0, 0.05) is 12.6 Å². The zero-order chi connectivity index (χ0) is 13.9. The lowest BCUT2D eigenvalue weighted by Crippen LogP contribution is -2.54. The Morgan fingerprint density at radius 3 is 2.21 bits per heavy atom. The highest BCUT2D eigenvalue weighted by Crippen LogP contribution is 2.33. The molecule has 1 atom stereocenters. The molecule has 2 heteroatoms. The van der Waals surface area contributed by atoms with Crippen molar-refractivity contribution in [2.24, 2.45) is 0 Å². The second-order valence-corrected chi connectivity index (χ2v) is 6.24. The van der Waals surface area contributed by atoms with E-state index in [2.05, 4.69) is 57.3 Å². The standard InChI is InChI=1S/C17H27NO/c1-5-14(4)15-6-8-16(9-7-15)17(11-19-12-17)10-18-13(2)3/h6-9,13-14,18H,5,10-12H2,1-4H3. The Balaban J connectivity index is 2.10. The Hall–Kier alpha value is -0.860. The number of nitrogens with one attached hydrogen (secondary N) is 1. The van der Waals surface area contributed by atoms with Gasteiger partial charge in [-0.3, -0.25) is 0 Å². The lowest BCUT2D eigenvalue weighted by atomic mass is 9.77. The topological polar surface area (TPSA) is 21.3 Å². The molecule has 0 aromatic heterocycles. The fraction of sp³-hybridized carbons (Fsp3) is 0.647. The van der Waals surface area contributed by atoms with Gasteiger partial charge in [-0.05, 0) is 23.5 Å². The molecule has 1 aromatic carbocycles. The summed E-state index contributed by atoms with van der Waals surface area (Å²) in [5.41, 5.74) is 3.05. The van der Waals surface area contributed by atoms with Gasteiger partial charge in [-0.1, -0.05) is 52.0 Å². The summed E-state index contributed by atoms with van der Waals surface area (Å²) in [7, 11) is 0. The normalized spacial score (nSPS) is 19.2. The molecule has 19 heavy (non-hydrogen) atoms. The average molecular weight is 261 g/mol. The van der Waals surface area contributed by atoms with Crippen LogP contribution in [-0.2, 0) is 10.2 Å². The van der Waals surface area contributed by atoms with Gasteiger partial charge in [-0.15, -0.1) is 0 Å². The Morgan fingerprint density at radius 2 is 1.79 bits per heavy atom. The van der Waals surface area contributed by atoms with Gasteiger partial charge >= 0.3 is 0 Å². The monoisotopic (exact) mass is 261 g/mol. The van der Waals surface area contributed by atoms with E-state index in [1.165, 1.54) is 17.5 Å². The van der Waals surface area contributed by atoms with E-state index < -0.39 is 0 Å². The Labute approximate surface area is 117 Å². The van der Waals surface area contributed by atoms with Gasteiger partial charge in [0.25, 0.3) is 0 Å². The van der Waals surface area contributed by atoms with Crippen molar-refractivity contribution < 1.29 is 4.74 Å². The largest absolute Gasteiger partial charge is 0.379 e. The lowest BCUT2D eigenvalue weighted by molar-refractivity contribution is -0.0597. The summed E-state index contributed by atoms with van der Waals surface area (Å²) in [6.45, 7) is 11.6. The number of ether oxygens (including phenoxy) is 1. The molecule has 1 N–H and O–H groups in total. The van der Waals surface area contributed by atoms with Gasteiger partial charge in [0.2, 0.25) is 0 Å². The van der Waals surface area contributed by atoms with E-state index in [-0.39, 0.29) is 5.41 Å². The minimum absolute atomic E-state index is 0.193. The first-order valence-corrected chi connectivity index (χ1v) is 7.49. The molecule has 106 valence electrons. The van der Waals surface area contributed by atoms with Crippen LogP contribution in [0.15, 0.2) is 24.3 Å². The maximum Gasteiger partial charge on any atom is 0.0598 e. The van der Waals surface area contributed by atoms with E-state index in [0.29, 0.717) is 12.0 Å². The van der Waals surface area contributed by atoms with Crippen LogP contribution in [0.4, 0.5) is 0 Å². The van der Waals surface area contributed by atoms with Crippen molar-refractivity contribution in [3.8, 4) is 0 Å². The molecule has 2 rings (SSSR count). The second-order valence-electron chi connectivity index (χ2n) is 6.24. The van der Waals surface area contributed by atoms with E-state index in [1.807, 2.05) is 0 Å². The molecular weight excluding hydrogens is 234 g/mol.